The fourth-order valence-corrected chi connectivity index (χ4v) is 2.34. The summed E-state index contributed by atoms with van der Waals surface area (Å²) in [6.07, 6.45) is 0.588. The highest BCUT2D eigenvalue weighted by atomic mass is 16.5. The molecule has 0 aliphatic rings. The van der Waals surface area contributed by atoms with Crippen molar-refractivity contribution in [3.63, 3.8) is 0 Å². The van der Waals surface area contributed by atoms with E-state index in [0.29, 0.717) is 29.7 Å². The number of ether oxygens (including phenoxy) is 2. The topological polar surface area (TPSA) is 102 Å². The third kappa shape index (κ3) is 7.15. The van der Waals surface area contributed by atoms with E-state index < -0.39 is 17.5 Å². The van der Waals surface area contributed by atoms with Crippen molar-refractivity contribution in [3.8, 4) is 0 Å². The Bertz CT molecular complexity index is 712. The monoisotopic (exact) mass is 391 g/mol. The number of nitrogens with one attached hydrogen (secondary N) is 1. The molecule has 0 aromatic heterocycles. The van der Waals surface area contributed by atoms with Gasteiger partial charge in [0.05, 0.1) is 6.61 Å². The quantitative estimate of drug-likeness (QED) is 0.320. The Labute approximate surface area is 165 Å². The SMILES string of the molecule is C=C(C)C(=O)OC(C)CCOC(C)(CC)C(=O)c1ccc(NCC(=O)O)cc1. The molecule has 0 aliphatic carbocycles. The van der Waals surface area contributed by atoms with Crippen molar-refractivity contribution < 1.29 is 29.0 Å². The number of hydrogen-bond acceptors (Lipinski definition) is 6. The number of ketones is 1. The lowest BCUT2D eigenvalue weighted by Gasteiger charge is -2.28. The molecule has 1 rings (SSSR count). The van der Waals surface area contributed by atoms with Crippen LogP contribution in [0.3, 0.4) is 0 Å². The van der Waals surface area contributed by atoms with E-state index in [2.05, 4.69) is 11.9 Å². The zero-order valence-electron chi connectivity index (χ0n) is 16.9. The highest BCUT2D eigenvalue weighted by molar-refractivity contribution is 6.02. The van der Waals surface area contributed by atoms with Crippen molar-refractivity contribution in [2.75, 3.05) is 18.5 Å². The van der Waals surface area contributed by atoms with Gasteiger partial charge in [-0.3, -0.25) is 9.59 Å². The highest BCUT2D eigenvalue weighted by Crippen LogP contribution is 2.23. The summed E-state index contributed by atoms with van der Waals surface area (Å²) in [6.45, 7) is 10.6. The Morgan fingerprint density at radius 3 is 2.36 bits per heavy atom. The average molecular weight is 391 g/mol. The van der Waals surface area contributed by atoms with Gasteiger partial charge in [0.25, 0.3) is 0 Å². The molecule has 0 saturated heterocycles. The van der Waals surface area contributed by atoms with Gasteiger partial charge in [-0.1, -0.05) is 13.5 Å². The van der Waals surface area contributed by atoms with Gasteiger partial charge in [0.2, 0.25) is 0 Å². The van der Waals surface area contributed by atoms with Crippen LogP contribution in [0.1, 0.15) is 50.9 Å². The minimum atomic E-state index is -1.01. The number of carbonyl (C=O) groups is 3. The predicted octanol–water partition coefficient (Wildman–Crippen LogP) is 3.45. The lowest BCUT2D eigenvalue weighted by Crippen LogP contribution is -2.38. The Kier molecular flexibility index (Phi) is 8.85. The fraction of sp³-hybridized carbons (Fsp3) is 0.476. The number of aliphatic carboxylic acids is 1. The van der Waals surface area contributed by atoms with Gasteiger partial charge in [-0.2, -0.15) is 0 Å². The zero-order chi connectivity index (χ0) is 21.3. The first-order valence-corrected chi connectivity index (χ1v) is 9.20. The van der Waals surface area contributed by atoms with Crippen LogP contribution in [0.15, 0.2) is 36.4 Å². The summed E-state index contributed by atoms with van der Waals surface area (Å²) in [7, 11) is 0. The van der Waals surface area contributed by atoms with Crippen LogP contribution >= 0.6 is 0 Å². The van der Waals surface area contributed by atoms with E-state index >= 15 is 0 Å². The van der Waals surface area contributed by atoms with E-state index in [1.165, 1.54) is 0 Å². The van der Waals surface area contributed by atoms with E-state index in [0.717, 1.165) is 0 Å². The number of carboxylic acid groups (broad SMARTS) is 1. The number of carbonyl (C=O) groups excluding carboxylic acids is 2. The zero-order valence-corrected chi connectivity index (χ0v) is 16.9. The van der Waals surface area contributed by atoms with Gasteiger partial charge in [-0.05, 0) is 51.5 Å². The van der Waals surface area contributed by atoms with Gasteiger partial charge in [0.15, 0.2) is 5.78 Å². The van der Waals surface area contributed by atoms with Crippen LogP contribution in [0.4, 0.5) is 5.69 Å². The second kappa shape index (κ2) is 10.6. The average Bonchev–Trinajstić information content (AvgIpc) is 2.65. The lowest BCUT2D eigenvalue weighted by atomic mass is 9.92. The first kappa shape index (κ1) is 23.4. The van der Waals surface area contributed by atoms with Crippen molar-refractivity contribution >= 4 is 23.4 Å². The fourth-order valence-electron chi connectivity index (χ4n) is 2.34. The molecule has 0 spiro atoms. The Morgan fingerprint density at radius 1 is 1.25 bits per heavy atom. The minimum Gasteiger partial charge on any atom is -0.480 e. The van der Waals surface area contributed by atoms with Crippen molar-refractivity contribution in [2.45, 2.75) is 52.2 Å². The van der Waals surface area contributed by atoms with Gasteiger partial charge < -0.3 is 19.9 Å². The molecule has 2 atom stereocenters. The molecule has 2 unspecified atom stereocenters. The molecule has 7 nitrogen and oxygen atoms in total. The molecule has 2 N–H and O–H groups in total. The number of carboxylic acids is 1. The molecule has 1 aromatic carbocycles. The van der Waals surface area contributed by atoms with Crippen molar-refractivity contribution in [3.05, 3.63) is 42.0 Å². The summed E-state index contributed by atoms with van der Waals surface area (Å²) in [4.78, 5) is 35.0. The molecule has 0 saturated carbocycles. The molecule has 154 valence electrons. The molecule has 0 fully saturated rings. The van der Waals surface area contributed by atoms with Crippen LogP contribution in [0.5, 0.6) is 0 Å². The molecule has 0 heterocycles. The normalized spacial score (nSPS) is 13.9. The molecular weight excluding hydrogens is 362 g/mol. The Balaban J connectivity index is 2.66. The van der Waals surface area contributed by atoms with Crippen LogP contribution in [-0.4, -0.2) is 47.7 Å². The maximum atomic E-state index is 12.9. The molecule has 0 radical (unpaired) electrons. The Morgan fingerprint density at radius 2 is 1.86 bits per heavy atom. The molecule has 0 amide bonds. The summed E-state index contributed by atoms with van der Waals surface area (Å²) in [5.74, 6) is -1.57. The first-order valence-electron chi connectivity index (χ1n) is 9.20. The summed E-state index contributed by atoms with van der Waals surface area (Å²) in [5, 5.41) is 11.4. The number of Topliss-reactive ketones (excluding diaryl/α,β-unsaturated/α-hetero) is 1. The number of hydrogen-bond donors (Lipinski definition) is 2. The van der Waals surface area contributed by atoms with Crippen LogP contribution in [0, 0.1) is 0 Å². The summed E-state index contributed by atoms with van der Waals surface area (Å²) in [6, 6.07) is 6.60. The number of rotatable bonds is 12. The second-order valence-electron chi connectivity index (χ2n) is 6.87. The standard InChI is InChI=1S/C21H29NO6/c1-6-21(5,27-12-11-15(4)28-20(26)14(2)3)19(25)16-7-9-17(10-8-16)22-13-18(23)24/h7-10,15,22H,2,6,11-13H2,1,3-5H3,(H,23,24). The van der Waals surface area contributed by atoms with Gasteiger partial charge in [-0.15, -0.1) is 0 Å². The van der Waals surface area contributed by atoms with Crippen molar-refractivity contribution in [1.82, 2.24) is 0 Å². The van der Waals surface area contributed by atoms with E-state index in [4.69, 9.17) is 14.6 Å². The van der Waals surface area contributed by atoms with Gasteiger partial charge >= 0.3 is 11.9 Å². The van der Waals surface area contributed by atoms with Crippen LogP contribution < -0.4 is 5.32 Å². The van der Waals surface area contributed by atoms with Gasteiger partial charge in [0, 0.05) is 23.2 Å². The lowest BCUT2D eigenvalue weighted by molar-refractivity contribution is -0.144. The third-order valence-electron chi connectivity index (χ3n) is 4.35. The van der Waals surface area contributed by atoms with Crippen LogP contribution in [0.25, 0.3) is 0 Å². The largest absolute Gasteiger partial charge is 0.480 e. The maximum absolute atomic E-state index is 12.9. The predicted molar refractivity (Wildman–Crippen MR) is 107 cm³/mol. The molecular formula is C21H29NO6. The number of anilines is 1. The van der Waals surface area contributed by atoms with E-state index in [9.17, 15) is 14.4 Å². The van der Waals surface area contributed by atoms with Gasteiger partial charge in [0.1, 0.15) is 18.2 Å². The molecule has 28 heavy (non-hydrogen) atoms. The van der Waals surface area contributed by atoms with Gasteiger partial charge in [-0.25, -0.2) is 4.79 Å². The maximum Gasteiger partial charge on any atom is 0.333 e. The van der Waals surface area contributed by atoms with E-state index in [-0.39, 0.29) is 25.0 Å². The molecule has 7 heteroatoms. The van der Waals surface area contributed by atoms with E-state index in [1.54, 1.807) is 45.0 Å². The number of esters is 1. The highest BCUT2D eigenvalue weighted by Gasteiger charge is 2.33. The van der Waals surface area contributed by atoms with Crippen LogP contribution in [-0.2, 0) is 19.1 Å². The van der Waals surface area contributed by atoms with Crippen molar-refractivity contribution in [1.29, 1.82) is 0 Å². The molecule has 0 aliphatic heterocycles. The van der Waals surface area contributed by atoms with E-state index in [1.807, 2.05) is 6.92 Å². The summed E-state index contributed by atoms with van der Waals surface area (Å²) in [5.41, 5.74) is 0.425. The number of benzene rings is 1. The molecule has 1 aromatic rings. The summed E-state index contributed by atoms with van der Waals surface area (Å²) >= 11 is 0. The summed E-state index contributed by atoms with van der Waals surface area (Å²) < 4.78 is 11.1. The first-order chi connectivity index (χ1) is 13.1. The minimum absolute atomic E-state index is 0.161. The molecule has 0 bridgehead atoms. The van der Waals surface area contributed by atoms with Crippen LogP contribution in [0.2, 0.25) is 0 Å². The smallest absolute Gasteiger partial charge is 0.333 e. The Hall–Kier alpha value is -2.67. The third-order valence-corrected chi connectivity index (χ3v) is 4.35. The second-order valence-corrected chi connectivity index (χ2v) is 6.87. The van der Waals surface area contributed by atoms with Crippen molar-refractivity contribution in [2.24, 2.45) is 0 Å².